The predicted molar refractivity (Wildman–Crippen MR) is 101 cm³/mol. The highest BCUT2D eigenvalue weighted by atomic mass is 32.1. The van der Waals surface area contributed by atoms with Crippen LogP contribution in [-0.2, 0) is 11.2 Å². The standard InChI is InChI=1S/C18H18N4O3S/c1-24-18(23)12-4-6-13(7-5-12)25-17-15(19)16(21-11-22-17)20-9-8-14-3-2-10-26-14/h2-7,10-11H,8-9,19H2,1H3,(H,20,21,22). The fraction of sp³-hybridized carbons (Fsp3) is 0.167. The lowest BCUT2D eigenvalue weighted by Crippen LogP contribution is -2.09. The Balaban J connectivity index is 1.65. The first-order valence-corrected chi connectivity index (χ1v) is 8.78. The summed E-state index contributed by atoms with van der Waals surface area (Å²) in [6.07, 6.45) is 2.27. The van der Waals surface area contributed by atoms with Crippen molar-refractivity contribution in [2.24, 2.45) is 0 Å². The summed E-state index contributed by atoms with van der Waals surface area (Å²) in [7, 11) is 1.33. The van der Waals surface area contributed by atoms with Gasteiger partial charge < -0.3 is 20.5 Å². The number of esters is 1. The maximum absolute atomic E-state index is 11.5. The van der Waals surface area contributed by atoms with Crippen molar-refractivity contribution < 1.29 is 14.3 Å². The molecule has 0 amide bonds. The Hall–Kier alpha value is -3.13. The van der Waals surface area contributed by atoms with Gasteiger partial charge in [0.15, 0.2) is 5.82 Å². The van der Waals surface area contributed by atoms with Gasteiger partial charge in [0.1, 0.15) is 17.8 Å². The maximum Gasteiger partial charge on any atom is 0.337 e. The molecule has 0 fully saturated rings. The molecule has 26 heavy (non-hydrogen) atoms. The molecular weight excluding hydrogens is 352 g/mol. The van der Waals surface area contributed by atoms with Gasteiger partial charge in [-0.15, -0.1) is 11.3 Å². The van der Waals surface area contributed by atoms with Gasteiger partial charge in [0.25, 0.3) is 0 Å². The lowest BCUT2D eigenvalue weighted by molar-refractivity contribution is 0.0600. The molecule has 0 radical (unpaired) electrons. The molecule has 0 saturated carbocycles. The summed E-state index contributed by atoms with van der Waals surface area (Å²) in [4.78, 5) is 21.0. The molecule has 3 N–H and O–H groups in total. The second-order valence-corrected chi connectivity index (χ2v) is 6.35. The van der Waals surface area contributed by atoms with E-state index in [9.17, 15) is 4.79 Å². The van der Waals surface area contributed by atoms with E-state index in [-0.39, 0.29) is 5.88 Å². The first kappa shape index (κ1) is 17.7. The van der Waals surface area contributed by atoms with Crippen LogP contribution in [0.15, 0.2) is 48.1 Å². The van der Waals surface area contributed by atoms with Crippen molar-refractivity contribution in [3.05, 3.63) is 58.5 Å². The lowest BCUT2D eigenvalue weighted by Gasteiger charge is -2.11. The van der Waals surface area contributed by atoms with Gasteiger partial charge in [-0.3, -0.25) is 0 Å². The van der Waals surface area contributed by atoms with E-state index in [0.717, 1.165) is 6.42 Å². The molecule has 7 nitrogen and oxygen atoms in total. The Kier molecular flexibility index (Phi) is 5.65. The number of hydrogen-bond donors (Lipinski definition) is 2. The summed E-state index contributed by atoms with van der Waals surface area (Å²) >= 11 is 1.71. The number of nitrogen functional groups attached to an aromatic ring is 1. The number of thiophene rings is 1. The average molecular weight is 370 g/mol. The van der Waals surface area contributed by atoms with Gasteiger partial charge in [-0.25, -0.2) is 9.78 Å². The third kappa shape index (κ3) is 4.28. The monoisotopic (exact) mass is 370 g/mol. The molecule has 2 aromatic heterocycles. The SMILES string of the molecule is COC(=O)c1ccc(Oc2ncnc(NCCc3cccs3)c2N)cc1. The molecule has 0 aliphatic rings. The third-order valence-electron chi connectivity index (χ3n) is 3.58. The molecule has 3 rings (SSSR count). The van der Waals surface area contributed by atoms with Crippen LogP contribution in [0.4, 0.5) is 11.5 Å². The zero-order valence-electron chi connectivity index (χ0n) is 14.1. The summed E-state index contributed by atoms with van der Waals surface area (Å²) in [6.45, 7) is 0.703. The number of methoxy groups -OCH3 is 1. The van der Waals surface area contributed by atoms with E-state index < -0.39 is 5.97 Å². The van der Waals surface area contributed by atoms with Crippen LogP contribution in [0.25, 0.3) is 0 Å². The highest BCUT2D eigenvalue weighted by molar-refractivity contribution is 7.09. The molecule has 0 aliphatic heterocycles. The molecule has 0 atom stereocenters. The Morgan fingerprint density at radius 3 is 2.73 bits per heavy atom. The summed E-state index contributed by atoms with van der Waals surface area (Å²) in [5, 5.41) is 5.25. The number of rotatable bonds is 7. The number of carbonyl (C=O) groups is 1. The zero-order valence-corrected chi connectivity index (χ0v) is 15.0. The maximum atomic E-state index is 11.5. The summed E-state index contributed by atoms with van der Waals surface area (Å²) < 4.78 is 10.4. The Morgan fingerprint density at radius 1 is 1.23 bits per heavy atom. The Morgan fingerprint density at radius 2 is 2.04 bits per heavy atom. The van der Waals surface area contributed by atoms with E-state index in [1.54, 1.807) is 35.6 Å². The largest absolute Gasteiger partial charge is 0.465 e. The summed E-state index contributed by atoms with van der Waals surface area (Å²) in [5.74, 6) is 0.880. The molecule has 1 aromatic carbocycles. The van der Waals surface area contributed by atoms with Crippen LogP contribution in [0, 0.1) is 0 Å². The lowest BCUT2D eigenvalue weighted by atomic mass is 10.2. The smallest absolute Gasteiger partial charge is 0.337 e. The van der Waals surface area contributed by atoms with Crippen molar-refractivity contribution in [1.82, 2.24) is 9.97 Å². The van der Waals surface area contributed by atoms with Crippen molar-refractivity contribution in [1.29, 1.82) is 0 Å². The number of nitrogens with zero attached hydrogens (tertiary/aromatic N) is 2. The fourth-order valence-electron chi connectivity index (χ4n) is 2.25. The number of nitrogens with one attached hydrogen (secondary N) is 1. The molecule has 0 saturated heterocycles. The molecule has 8 heteroatoms. The van der Waals surface area contributed by atoms with Gasteiger partial charge in [0, 0.05) is 11.4 Å². The molecule has 0 bridgehead atoms. The second kappa shape index (κ2) is 8.30. The molecule has 0 unspecified atom stereocenters. The topological polar surface area (TPSA) is 99.4 Å². The van der Waals surface area contributed by atoms with Crippen LogP contribution in [0.1, 0.15) is 15.2 Å². The normalized spacial score (nSPS) is 10.3. The van der Waals surface area contributed by atoms with E-state index in [2.05, 4.69) is 26.1 Å². The number of anilines is 2. The zero-order chi connectivity index (χ0) is 18.4. The van der Waals surface area contributed by atoms with Crippen LogP contribution in [0.2, 0.25) is 0 Å². The minimum absolute atomic E-state index is 0.254. The van der Waals surface area contributed by atoms with Crippen LogP contribution < -0.4 is 15.8 Å². The van der Waals surface area contributed by atoms with Crippen molar-refractivity contribution in [3.63, 3.8) is 0 Å². The molecular formula is C18H18N4O3S. The summed E-state index contributed by atoms with van der Waals surface area (Å²) in [5.41, 5.74) is 6.87. The van der Waals surface area contributed by atoms with Crippen molar-refractivity contribution in [3.8, 4) is 11.6 Å². The van der Waals surface area contributed by atoms with Gasteiger partial charge >= 0.3 is 5.97 Å². The molecule has 0 spiro atoms. The highest BCUT2D eigenvalue weighted by Crippen LogP contribution is 2.29. The Labute approximate surface area is 154 Å². The van der Waals surface area contributed by atoms with E-state index in [1.807, 2.05) is 11.4 Å². The first-order valence-electron chi connectivity index (χ1n) is 7.90. The average Bonchev–Trinajstić information content (AvgIpc) is 3.18. The number of hydrogen-bond acceptors (Lipinski definition) is 8. The van der Waals surface area contributed by atoms with Crippen molar-refractivity contribution in [2.45, 2.75) is 6.42 Å². The fourth-order valence-corrected chi connectivity index (χ4v) is 2.96. The van der Waals surface area contributed by atoms with Crippen LogP contribution in [-0.4, -0.2) is 29.6 Å². The second-order valence-electron chi connectivity index (χ2n) is 5.32. The van der Waals surface area contributed by atoms with Crippen molar-refractivity contribution in [2.75, 3.05) is 24.7 Å². The van der Waals surface area contributed by atoms with Gasteiger partial charge in [-0.05, 0) is 42.1 Å². The number of nitrogens with two attached hydrogens (primary N) is 1. The molecule has 2 heterocycles. The molecule has 134 valence electrons. The van der Waals surface area contributed by atoms with E-state index >= 15 is 0 Å². The van der Waals surface area contributed by atoms with Gasteiger partial charge in [-0.1, -0.05) is 6.07 Å². The number of carbonyl (C=O) groups excluding carboxylic acids is 1. The molecule has 3 aromatic rings. The Bertz CT molecular complexity index is 867. The number of aromatic nitrogens is 2. The van der Waals surface area contributed by atoms with E-state index in [0.29, 0.717) is 29.4 Å². The van der Waals surface area contributed by atoms with Gasteiger partial charge in [-0.2, -0.15) is 4.98 Å². The van der Waals surface area contributed by atoms with Gasteiger partial charge in [0.2, 0.25) is 5.88 Å². The van der Waals surface area contributed by atoms with Crippen LogP contribution in [0.5, 0.6) is 11.6 Å². The predicted octanol–water partition coefficient (Wildman–Crippen LogP) is 3.35. The number of benzene rings is 1. The first-order chi connectivity index (χ1) is 12.7. The highest BCUT2D eigenvalue weighted by Gasteiger charge is 2.11. The molecule has 0 aliphatic carbocycles. The minimum Gasteiger partial charge on any atom is -0.465 e. The van der Waals surface area contributed by atoms with E-state index in [4.69, 9.17) is 10.5 Å². The third-order valence-corrected chi connectivity index (χ3v) is 4.52. The summed E-state index contributed by atoms with van der Waals surface area (Å²) in [6, 6.07) is 10.6. The quantitative estimate of drug-likeness (QED) is 0.615. The van der Waals surface area contributed by atoms with E-state index in [1.165, 1.54) is 18.3 Å². The number of ether oxygens (including phenoxy) is 2. The minimum atomic E-state index is -0.407. The van der Waals surface area contributed by atoms with Crippen LogP contribution >= 0.6 is 11.3 Å². The van der Waals surface area contributed by atoms with Crippen molar-refractivity contribution >= 4 is 28.8 Å². The van der Waals surface area contributed by atoms with Gasteiger partial charge in [0.05, 0.1) is 12.7 Å². The van der Waals surface area contributed by atoms with Crippen LogP contribution in [0.3, 0.4) is 0 Å².